The molecular formula is C15H22N2O2. The van der Waals surface area contributed by atoms with Crippen LogP contribution in [0.15, 0.2) is 18.2 Å². The molecule has 1 aliphatic heterocycles. The fourth-order valence-electron chi connectivity index (χ4n) is 2.67. The fraction of sp³-hybridized carbons (Fsp3) is 0.533. The lowest BCUT2D eigenvalue weighted by molar-refractivity contribution is 0.0697. The molecule has 0 amide bonds. The summed E-state index contributed by atoms with van der Waals surface area (Å²) in [5, 5.41) is 9.32. The first-order chi connectivity index (χ1) is 9.18. The zero-order valence-corrected chi connectivity index (χ0v) is 11.3. The van der Waals surface area contributed by atoms with E-state index < -0.39 is 5.97 Å². The maximum atomic E-state index is 11.4. The lowest BCUT2D eigenvalue weighted by Crippen LogP contribution is -2.27. The van der Waals surface area contributed by atoms with Crippen molar-refractivity contribution in [3.05, 3.63) is 23.8 Å². The number of anilines is 2. The van der Waals surface area contributed by atoms with E-state index in [1.165, 1.54) is 25.7 Å². The number of rotatable bonds is 2. The maximum Gasteiger partial charge on any atom is 0.337 e. The van der Waals surface area contributed by atoms with Crippen molar-refractivity contribution >= 4 is 17.3 Å². The van der Waals surface area contributed by atoms with E-state index in [1.807, 2.05) is 6.07 Å². The van der Waals surface area contributed by atoms with Gasteiger partial charge in [0.15, 0.2) is 0 Å². The monoisotopic (exact) mass is 262 g/mol. The molecule has 3 N–H and O–H groups in total. The summed E-state index contributed by atoms with van der Waals surface area (Å²) in [6.45, 7) is 1.87. The Labute approximate surface area is 114 Å². The fourth-order valence-corrected chi connectivity index (χ4v) is 2.67. The Morgan fingerprint density at radius 2 is 1.63 bits per heavy atom. The Bertz CT molecular complexity index is 436. The van der Waals surface area contributed by atoms with Gasteiger partial charge in [0.25, 0.3) is 0 Å². The van der Waals surface area contributed by atoms with Gasteiger partial charge in [-0.3, -0.25) is 0 Å². The minimum absolute atomic E-state index is 0.319. The highest BCUT2D eigenvalue weighted by Gasteiger charge is 2.16. The zero-order chi connectivity index (χ0) is 13.7. The predicted molar refractivity (Wildman–Crippen MR) is 77.7 cm³/mol. The van der Waals surface area contributed by atoms with Crippen LogP contribution >= 0.6 is 0 Å². The molecule has 1 heterocycles. The third-order valence-electron chi connectivity index (χ3n) is 3.70. The molecular weight excluding hydrogens is 240 g/mol. The van der Waals surface area contributed by atoms with Gasteiger partial charge in [0.05, 0.1) is 11.3 Å². The van der Waals surface area contributed by atoms with E-state index in [4.69, 9.17) is 5.73 Å². The summed E-state index contributed by atoms with van der Waals surface area (Å²) < 4.78 is 0. The summed E-state index contributed by atoms with van der Waals surface area (Å²) in [5.74, 6) is -0.901. The average molecular weight is 262 g/mol. The zero-order valence-electron chi connectivity index (χ0n) is 11.3. The smallest absolute Gasteiger partial charge is 0.337 e. The van der Waals surface area contributed by atoms with Gasteiger partial charge in [0.1, 0.15) is 0 Å². The van der Waals surface area contributed by atoms with E-state index in [2.05, 4.69) is 4.90 Å². The highest BCUT2D eigenvalue weighted by atomic mass is 16.4. The van der Waals surface area contributed by atoms with Crippen LogP contribution in [0, 0.1) is 0 Å². The molecule has 1 saturated heterocycles. The van der Waals surface area contributed by atoms with E-state index in [9.17, 15) is 9.90 Å². The Hall–Kier alpha value is -1.71. The molecule has 0 saturated carbocycles. The first kappa shape index (κ1) is 13.7. The van der Waals surface area contributed by atoms with Crippen molar-refractivity contribution < 1.29 is 9.90 Å². The van der Waals surface area contributed by atoms with Crippen molar-refractivity contribution in [3.8, 4) is 0 Å². The summed E-state index contributed by atoms with van der Waals surface area (Å²) in [5.41, 5.74) is 7.33. The summed E-state index contributed by atoms with van der Waals surface area (Å²) in [4.78, 5) is 13.6. The molecule has 0 aromatic heterocycles. The topological polar surface area (TPSA) is 66.6 Å². The lowest BCUT2D eigenvalue weighted by Gasteiger charge is -2.26. The van der Waals surface area contributed by atoms with Crippen LogP contribution in [0.5, 0.6) is 0 Å². The Morgan fingerprint density at radius 1 is 1.05 bits per heavy atom. The van der Waals surface area contributed by atoms with Crippen LogP contribution in [0.25, 0.3) is 0 Å². The SMILES string of the molecule is Nc1ccc(N2CCCCCCCC2)c(C(=O)O)c1. The largest absolute Gasteiger partial charge is 0.478 e. The first-order valence-electron chi connectivity index (χ1n) is 7.06. The number of nitrogens with two attached hydrogens (primary N) is 1. The molecule has 19 heavy (non-hydrogen) atoms. The van der Waals surface area contributed by atoms with Crippen LogP contribution < -0.4 is 10.6 Å². The van der Waals surface area contributed by atoms with Gasteiger partial charge in [0, 0.05) is 18.8 Å². The van der Waals surface area contributed by atoms with Crippen molar-refractivity contribution in [2.75, 3.05) is 23.7 Å². The van der Waals surface area contributed by atoms with Gasteiger partial charge < -0.3 is 15.7 Å². The first-order valence-corrected chi connectivity index (χ1v) is 7.06. The van der Waals surface area contributed by atoms with Gasteiger partial charge in [-0.1, -0.05) is 25.7 Å². The minimum atomic E-state index is -0.901. The number of carbonyl (C=O) groups is 1. The van der Waals surface area contributed by atoms with Crippen LogP contribution in [0.3, 0.4) is 0 Å². The molecule has 0 bridgehead atoms. The van der Waals surface area contributed by atoms with Gasteiger partial charge in [-0.05, 0) is 31.0 Å². The number of carboxylic acids is 1. The van der Waals surface area contributed by atoms with Crippen molar-refractivity contribution in [2.24, 2.45) is 0 Å². The molecule has 104 valence electrons. The van der Waals surface area contributed by atoms with E-state index in [-0.39, 0.29) is 0 Å². The molecule has 1 aromatic carbocycles. The maximum absolute atomic E-state index is 11.4. The van der Waals surface area contributed by atoms with Gasteiger partial charge in [-0.25, -0.2) is 4.79 Å². The van der Waals surface area contributed by atoms with E-state index in [1.54, 1.807) is 12.1 Å². The van der Waals surface area contributed by atoms with Gasteiger partial charge >= 0.3 is 5.97 Å². The van der Waals surface area contributed by atoms with Gasteiger partial charge in [0.2, 0.25) is 0 Å². The molecule has 1 aromatic rings. The standard InChI is InChI=1S/C15H22N2O2/c16-12-7-8-14(13(11-12)15(18)19)17-9-5-3-1-2-4-6-10-17/h7-8,11H,1-6,9-10,16H2,(H,18,19). The highest BCUT2D eigenvalue weighted by molar-refractivity contribution is 5.95. The van der Waals surface area contributed by atoms with Crippen LogP contribution in [0.4, 0.5) is 11.4 Å². The van der Waals surface area contributed by atoms with Crippen LogP contribution in [0.2, 0.25) is 0 Å². The van der Waals surface area contributed by atoms with Crippen molar-refractivity contribution in [1.82, 2.24) is 0 Å². The normalized spacial score (nSPS) is 17.4. The van der Waals surface area contributed by atoms with Gasteiger partial charge in [-0.2, -0.15) is 0 Å². The molecule has 1 aliphatic rings. The summed E-state index contributed by atoms with van der Waals surface area (Å²) in [7, 11) is 0. The van der Waals surface area contributed by atoms with Crippen molar-refractivity contribution in [2.45, 2.75) is 38.5 Å². The van der Waals surface area contributed by atoms with Crippen molar-refractivity contribution in [3.63, 3.8) is 0 Å². The average Bonchev–Trinajstić information content (AvgIpc) is 2.52. The summed E-state index contributed by atoms with van der Waals surface area (Å²) >= 11 is 0. The molecule has 0 aliphatic carbocycles. The van der Waals surface area contributed by atoms with Crippen LogP contribution in [0.1, 0.15) is 48.9 Å². The van der Waals surface area contributed by atoms with E-state index >= 15 is 0 Å². The van der Waals surface area contributed by atoms with Gasteiger partial charge in [-0.15, -0.1) is 0 Å². The molecule has 1 fully saturated rings. The predicted octanol–water partition coefficient (Wildman–Crippen LogP) is 3.13. The molecule has 0 unspecified atom stereocenters. The number of benzene rings is 1. The molecule has 0 spiro atoms. The second kappa shape index (κ2) is 6.45. The van der Waals surface area contributed by atoms with E-state index in [0.29, 0.717) is 11.3 Å². The number of aromatic carboxylic acids is 1. The quantitative estimate of drug-likeness (QED) is 0.804. The minimum Gasteiger partial charge on any atom is -0.478 e. The number of hydrogen-bond acceptors (Lipinski definition) is 3. The third-order valence-corrected chi connectivity index (χ3v) is 3.70. The number of nitrogen functional groups attached to an aromatic ring is 1. The highest BCUT2D eigenvalue weighted by Crippen LogP contribution is 2.25. The lowest BCUT2D eigenvalue weighted by atomic mass is 10.1. The van der Waals surface area contributed by atoms with E-state index in [0.717, 1.165) is 31.6 Å². The Morgan fingerprint density at radius 3 is 2.21 bits per heavy atom. The summed E-state index contributed by atoms with van der Waals surface area (Å²) in [6, 6.07) is 5.19. The number of nitrogens with zero attached hydrogens (tertiary/aromatic N) is 1. The second-order valence-electron chi connectivity index (χ2n) is 5.19. The Balaban J connectivity index is 2.24. The molecule has 4 heteroatoms. The molecule has 0 atom stereocenters. The second-order valence-corrected chi connectivity index (χ2v) is 5.19. The van der Waals surface area contributed by atoms with Crippen molar-refractivity contribution in [1.29, 1.82) is 0 Å². The molecule has 0 radical (unpaired) electrons. The van der Waals surface area contributed by atoms with Crippen LogP contribution in [-0.2, 0) is 0 Å². The third kappa shape index (κ3) is 3.63. The number of carboxylic acid groups (broad SMARTS) is 1. The molecule has 4 nitrogen and oxygen atoms in total. The number of hydrogen-bond donors (Lipinski definition) is 2. The summed E-state index contributed by atoms with van der Waals surface area (Å²) in [6.07, 6.45) is 7.30. The Kier molecular flexibility index (Phi) is 4.66. The molecule has 2 rings (SSSR count). The van der Waals surface area contributed by atoms with Crippen LogP contribution in [-0.4, -0.2) is 24.2 Å².